The first kappa shape index (κ1) is 34.7. The van der Waals surface area contributed by atoms with E-state index in [0.717, 1.165) is 72.9 Å². The van der Waals surface area contributed by atoms with Crippen molar-refractivity contribution in [2.75, 3.05) is 0 Å². The number of fused-ring (bicyclic) bond motifs is 12. The van der Waals surface area contributed by atoms with Crippen molar-refractivity contribution in [1.29, 1.82) is 5.26 Å². The van der Waals surface area contributed by atoms with Gasteiger partial charge in [0.05, 0.1) is 55.7 Å². The predicted octanol–water partition coefficient (Wildman–Crippen LogP) is 14.4. The Morgan fingerprint density at radius 1 is 0.419 bits per heavy atom. The van der Waals surface area contributed by atoms with Gasteiger partial charge in [0.2, 0.25) is 0 Å². The van der Waals surface area contributed by atoms with E-state index in [9.17, 15) is 5.26 Å². The average molecular weight is 791 g/mol. The number of benzene rings is 9. The Morgan fingerprint density at radius 3 is 1.29 bits per heavy atom. The molecule has 0 spiro atoms. The third-order valence-electron chi connectivity index (χ3n) is 13.5. The lowest BCUT2D eigenvalue weighted by Crippen LogP contribution is -2.18. The molecule has 62 heavy (non-hydrogen) atoms. The van der Waals surface area contributed by atoms with Gasteiger partial charge in [0.15, 0.2) is 0 Å². The van der Waals surface area contributed by atoms with Crippen LogP contribution in [0.4, 0.5) is 0 Å². The first-order chi connectivity index (χ1) is 30.8. The maximum Gasteiger partial charge on any atom is 0.102 e. The molecule has 0 N–H and O–H groups in total. The van der Waals surface area contributed by atoms with Crippen molar-refractivity contribution in [2.45, 2.75) is 18.8 Å². The molecule has 0 fully saturated rings. The molecule has 4 nitrogen and oxygen atoms in total. The summed E-state index contributed by atoms with van der Waals surface area (Å²) in [7, 11) is 0. The van der Waals surface area contributed by atoms with Crippen LogP contribution in [-0.2, 0) is 12.8 Å². The van der Waals surface area contributed by atoms with Crippen LogP contribution in [0, 0.1) is 11.3 Å². The molecule has 0 amide bonds. The van der Waals surface area contributed by atoms with Crippen molar-refractivity contribution in [3.63, 3.8) is 0 Å². The maximum absolute atomic E-state index is 12.1. The Bertz CT molecular complexity index is 3690. The molecule has 9 aromatic carbocycles. The largest absolute Gasteiger partial charge is 0.309 e. The second kappa shape index (κ2) is 13.4. The molecule has 1 atom stereocenters. The summed E-state index contributed by atoms with van der Waals surface area (Å²) >= 11 is 0. The van der Waals surface area contributed by atoms with Crippen molar-refractivity contribution in [1.82, 2.24) is 13.7 Å². The summed E-state index contributed by atoms with van der Waals surface area (Å²) in [5, 5.41) is 19.2. The minimum absolute atomic E-state index is 0.130. The van der Waals surface area contributed by atoms with Gasteiger partial charge >= 0.3 is 0 Å². The van der Waals surface area contributed by atoms with Crippen LogP contribution in [0.25, 0.3) is 93.6 Å². The van der Waals surface area contributed by atoms with Crippen LogP contribution < -0.4 is 0 Å². The van der Waals surface area contributed by atoms with Gasteiger partial charge in [-0.15, -0.1) is 0 Å². The molecule has 1 aliphatic carbocycles. The Labute approximate surface area is 358 Å². The highest BCUT2D eigenvalue weighted by molar-refractivity contribution is 6.13. The summed E-state index contributed by atoms with van der Waals surface area (Å²) in [6.45, 7) is 0. The standard InChI is InChI=1S/C58H38N4/c59-36-49-48(34-38-33-37-17-1-2-18-39(37)41-20-4-3-19-40(38)41)56(60-50-27-11-5-21-42(50)43-22-6-12-28-51(43)60)35-57(61-52-29-13-7-23-44(52)45-24-8-14-30-53(45)61)58(49)62-54-31-15-9-25-46(54)47-26-10-16-32-55(47)62/h1-32,35,38H,33-34H2. The van der Waals surface area contributed by atoms with Crippen molar-refractivity contribution in [3.05, 3.63) is 222 Å². The van der Waals surface area contributed by atoms with Gasteiger partial charge in [-0.3, -0.25) is 0 Å². The van der Waals surface area contributed by atoms with Gasteiger partial charge in [0.1, 0.15) is 6.07 Å². The lowest BCUT2D eigenvalue weighted by molar-refractivity contribution is 0.669. The quantitative estimate of drug-likeness (QED) is 0.171. The Kier molecular flexibility index (Phi) is 7.52. The Balaban J connectivity index is 1.23. The number of hydrogen-bond donors (Lipinski definition) is 0. The Hall–Kier alpha value is -8.13. The molecule has 1 unspecified atom stereocenters. The molecule has 12 aromatic rings. The summed E-state index contributed by atoms with van der Waals surface area (Å²) in [4.78, 5) is 0. The Morgan fingerprint density at radius 2 is 0.806 bits per heavy atom. The molecule has 3 aromatic heterocycles. The third kappa shape index (κ3) is 4.88. The first-order valence-electron chi connectivity index (χ1n) is 21.5. The van der Waals surface area contributed by atoms with Gasteiger partial charge in [0, 0.05) is 32.3 Å². The smallest absolute Gasteiger partial charge is 0.102 e. The van der Waals surface area contributed by atoms with Gasteiger partial charge in [0.25, 0.3) is 0 Å². The zero-order valence-corrected chi connectivity index (χ0v) is 33.8. The van der Waals surface area contributed by atoms with Crippen LogP contribution in [-0.4, -0.2) is 13.7 Å². The van der Waals surface area contributed by atoms with Gasteiger partial charge in [-0.25, -0.2) is 0 Å². The third-order valence-corrected chi connectivity index (χ3v) is 13.5. The van der Waals surface area contributed by atoms with Crippen molar-refractivity contribution in [3.8, 4) is 34.3 Å². The molecular weight excluding hydrogens is 753 g/mol. The summed E-state index contributed by atoms with van der Waals surface area (Å²) in [5.41, 5.74) is 16.4. The van der Waals surface area contributed by atoms with Gasteiger partial charge < -0.3 is 13.7 Å². The van der Waals surface area contributed by atoms with E-state index in [1.807, 2.05) is 0 Å². The number of para-hydroxylation sites is 6. The van der Waals surface area contributed by atoms with E-state index in [1.165, 1.54) is 43.8 Å². The summed E-state index contributed by atoms with van der Waals surface area (Å²) in [6.07, 6.45) is 1.55. The van der Waals surface area contributed by atoms with Gasteiger partial charge in [-0.05, 0) is 89.0 Å². The zero-order valence-electron chi connectivity index (χ0n) is 33.8. The fraction of sp³-hybridized carbons (Fsp3) is 0.0517. The number of nitrogens with zero attached hydrogens (tertiary/aromatic N) is 4. The molecule has 0 saturated carbocycles. The SMILES string of the molecule is N#Cc1c(CC2Cc3ccccc3-c3ccccc32)c(-n2c3ccccc3c3ccccc32)cc(-n2c3ccccc3c3ccccc32)c1-n1c2ccccc2c2ccccc21. The summed E-state index contributed by atoms with van der Waals surface area (Å²) in [6, 6.07) is 75.3. The fourth-order valence-corrected chi connectivity index (χ4v) is 11.0. The lowest BCUT2D eigenvalue weighted by Gasteiger charge is -2.30. The van der Waals surface area contributed by atoms with E-state index in [2.05, 4.69) is 220 Å². The number of rotatable bonds is 5. The van der Waals surface area contributed by atoms with E-state index in [1.54, 1.807) is 0 Å². The molecular formula is C58H38N4. The molecule has 1 aliphatic rings. The molecule has 13 rings (SSSR count). The number of hydrogen-bond acceptors (Lipinski definition) is 1. The van der Waals surface area contributed by atoms with Crippen LogP contribution in [0.2, 0.25) is 0 Å². The number of aromatic nitrogens is 3. The number of nitriles is 1. The minimum Gasteiger partial charge on any atom is -0.309 e. The minimum atomic E-state index is 0.130. The molecule has 0 saturated heterocycles. The first-order valence-corrected chi connectivity index (χ1v) is 21.5. The van der Waals surface area contributed by atoms with Crippen LogP contribution in [0.15, 0.2) is 200 Å². The van der Waals surface area contributed by atoms with Gasteiger partial charge in [-0.1, -0.05) is 158 Å². The van der Waals surface area contributed by atoms with E-state index < -0.39 is 0 Å². The zero-order chi connectivity index (χ0) is 40.9. The predicted molar refractivity (Wildman–Crippen MR) is 256 cm³/mol. The van der Waals surface area contributed by atoms with Crippen LogP contribution in [0.3, 0.4) is 0 Å². The highest BCUT2D eigenvalue weighted by Crippen LogP contribution is 2.47. The van der Waals surface area contributed by atoms with Gasteiger partial charge in [-0.2, -0.15) is 5.26 Å². The van der Waals surface area contributed by atoms with E-state index >= 15 is 0 Å². The molecule has 290 valence electrons. The molecule has 0 radical (unpaired) electrons. The molecule has 3 heterocycles. The second-order valence-corrected chi connectivity index (χ2v) is 16.7. The normalized spacial score (nSPS) is 13.6. The summed E-state index contributed by atoms with van der Waals surface area (Å²) < 4.78 is 7.24. The van der Waals surface area contributed by atoms with Crippen molar-refractivity contribution < 1.29 is 0 Å². The van der Waals surface area contributed by atoms with Crippen molar-refractivity contribution in [2.24, 2.45) is 0 Å². The molecule has 0 aliphatic heterocycles. The molecule has 4 heteroatoms. The fourth-order valence-electron chi connectivity index (χ4n) is 11.0. The van der Waals surface area contributed by atoms with E-state index in [4.69, 9.17) is 0 Å². The van der Waals surface area contributed by atoms with E-state index in [-0.39, 0.29) is 5.92 Å². The lowest BCUT2D eigenvalue weighted by atomic mass is 9.75. The monoisotopic (exact) mass is 790 g/mol. The van der Waals surface area contributed by atoms with E-state index in [0.29, 0.717) is 12.0 Å². The highest BCUT2D eigenvalue weighted by Gasteiger charge is 2.31. The summed E-state index contributed by atoms with van der Waals surface area (Å²) in [5.74, 6) is 0.130. The van der Waals surface area contributed by atoms with Crippen molar-refractivity contribution >= 4 is 65.4 Å². The highest BCUT2D eigenvalue weighted by atomic mass is 15.1. The average Bonchev–Trinajstić information content (AvgIpc) is 3.97. The van der Waals surface area contributed by atoms with Crippen LogP contribution >= 0.6 is 0 Å². The topological polar surface area (TPSA) is 38.6 Å². The van der Waals surface area contributed by atoms with Crippen LogP contribution in [0.1, 0.15) is 28.2 Å². The second-order valence-electron chi connectivity index (χ2n) is 16.7. The maximum atomic E-state index is 12.1. The van der Waals surface area contributed by atoms with Crippen LogP contribution in [0.5, 0.6) is 0 Å². The molecule has 0 bridgehead atoms.